The molecule has 8 nitrogen and oxygen atoms in total. The zero-order valence-electron chi connectivity index (χ0n) is 16.9. The van der Waals surface area contributed by atoms with Gasteiger partial charge in [-0.05, 0) is 19.4 Å². The third-order valence-corrected chi connectivity index (χ3v) is 6.30. The van der Waals surface area contributed by atoms with Crippen LogP contribution in [0.1, 0.15) is 19.8 Å². The van der Waals surface area contributed by atoms with Crippen LogP contribution in [0.25, 0.3) is 0 Å². The molecule has 0 N–H and O–H groups in total. The molecule has 1 amide bonds. The number of piperazine rings is 1. The minimum atomic E-state index is 0.154. The van der Waals surface area contributed by atoms with Crippen LogP contribution in [0.5, 0.6) is 0 Å². The fourth-order valence-electron chi connectivity index (χ4n) is 4.47. The van der Waals surface area contributed by atoms with Crippen LogP contribution in [0.4, 0.5) is 11.5 Å². The van der Waals surface area contributed by atoms with Crippen molar-refractivity contribution in [2.75, 3.05) is 81.9 Å². The van der Waals surface area contributed by atoms with E-state index >= 15 is 0 Å². The second-order valence-corrected chi connectivity index (χ2v) is 7.85. The number of aromatic nitrogens is 2. The molecule has 0 unspecified atom stereocenters. The predicted octanol–water partition coefficient (Wildman–Crippen LogP) is 0.694. The molecule has 0 atom stereocenters. The molecular formula is C20H32N6O2. The molecule has 0 radical (unpaired) electrons. The zero-order chi connectivity index (χ0) is 19.3. The van der Waals surface area contributed by atoms with E-state index in [4.69, 9.17) is 4.74 Å². The van der Waals surface area contributed by atoms with Crippen molar-refractivity contribution in [1.82, 2.24) is 19.8 Å². The van der Waals surface area contributed by atoms with Crippen LogP contribution in [-0.4, -0.2) is 97.8 Å². The summed E-state index contributed by atoms with van der Waals surface area (Å²) < 4.78 is 5.47. The minimum Gasteiger partial charge on any atom is -0.378 e. The van der Waals surface area contributed by atoms with Crippen molar-refractivity contribution in [2.24, 2.45) is 5.92 Å². The number of amides is 1. The number of rotatable bonds is 4. The standard InChI is InChI=1S/C20H32N6O2/c1-2-23-7-9-26(10-8-23)20(27)17-3-5-24(6-4-17)18-15-21-16-22-19(18)25-11-13-28-14-12-25/h15-17H,2-14H2,1H3. The molecule has 3 aliphatic heterocycles. The number of piperidine rings is 1. The number of nitrogens with zero attached hydrogens (tertiary/aromatic N) is 6. The fourth-order valence-corrected chi connectivity index (χ4v) is 4.47. The van der Waals surface area contributed by atoms with Gasteiger partial charge in [0.25, 0.3) is 0 Å². The van der Waals surface area contributed by atoms with E-state index in [-0.39, 0.29) is 5.92 Å². The van der Waals surface area contributed by atoms with E-state index < -0.39 is 0 Å². The van der Waals surface area contributed by atoms with Crippen molar-refractivity contribution in [3.8, 4) is 0 Å². The summed E-state index contributed by atoms with van der Waals surface area (Å²) in [6.45, 7) is 12.0. The molecule has 0 aromatic carbocycles. The lowest BCUT2D eigenvalue weighted by molar-refractivity contribution is -0.137. The third kappa shape index (κ3) is 4.22. The Morgan fingerprint density at radius 1 is 1.04 bits per heavy atom. The summed E-state index contributed by atoms with van der Waals surface area (Å²) >= 11 is 0. The smallest absolute Gasteiger partial charge is 0.225 e. The first kappa shape index (κ1) is 19.4. The molecule has 8 heteroatoms. The monoisotopic (exact) mass is 388 g/mol. The van der Waals surface area contributed by atoms with Gasteiger partial charge in [-0.3, -0.25) is 4.79 Å². The maximum absolute atomic E-state index is 12.9. The second-order valence-electron chi connectivity index (χ2n) is 7.85. The Morgan fingerprint density at radius 3 is 2.43 bits per heavy atom. The molecule has 0 spiro atoms. The fraction of sp³-hybridized carbons (Fsp3) is 0.750. The summed E-state index contributed by atoms with van der Waals surface area (Å²) in [6.07, 6.45) is 5.36. The van der Waals surface area contributed by atoms with Gasteiger partial charge in [-0.1, -0.05) is 6.92 Å². The number of hydrogen-bond acceptors (Lipinski definition) is 7. The van der Waals surface area contributed by atoms with Crippen molar-refractivity contribution >= 4 is 17.4 Å². The van der Waals surface area contributed by atoms with Crippen LogP contribution in [0.15, 0.2) is 12.5 Å². The van der Waals surface area contributed by atoms with Crippen molar-refractivity contribution in [3.05, 3.63) is 12.5 Å². The number of carbonyl (C=O) groups is 1. The van der Waals surface area contributed by atoms with Gasteiger partial charge >= 0.3 is 0 Å². The molecule has 1 aromatic rings. The highest BCUT2D eigenvalue weighted by Crippen LogP contribution is 2.31. The predicted molar refractivity (Wildman–Crippen MR) is 109 cm³/mol. The van der Waals surface area contributed by atoms with Crippen LogP contribution in [0, 0.1) is 5.92 Å². The zero-order valence-corrected chi connectivity index (χ0v) is 16.9. The normalized spacial score (nSPS) is 22.5. The Morgan fingerprint density at radius 2 is 1.75 bits per heavy atom. The molecule has 3 aliphatic rings. The van der Waals surface area contributed by atoms with Gasteiger partial charge < -0.3 is 24.3 Å². The van der Waals surface area contributed by atoms with E-state index in [1.165, 1.54) is 0 Å². The second kappa shape index (κ2) is 9.05. The van der Waals surface area contributed by atoms with Gasteiger partial charge in [0, 0.05) is 58.3 Å². The average Bonchev–Trinajstić information content (AvgIpc) is 2.79. The van der Waals surface area contributed by atoms with E-state index in [0.717, 1.165) is 96.5 Å². The van der Waals surface area contributed by atoms with Crippen LogP contribution >= 0.6 is 0 Å². The van der Waals surface area contributed by atoms with Crippen LogP contribution in [0.3, 0.4) is 0 Å². The topological polar surface area (TPSA) is 65.0 Å². The van der Waals surface area contributed by atoms with Crippen molar-refractivity contribution in [2.45, 2.75) is 19.8 Å². The van der Waals surface area contributed by atoms with E-state index in [0.29, 0.717) is 5.91 Å². The first-order valence-electron chi connectivity index (χ1n) is 10.6. The first-order chi connectivity index (χ1) is 13.8. The first-order valence-corrected chi connectivity index (χ1v) is 10.6. The summed E-state index contributed by atoms with van der Waals surface area (Å²) in [5, 5.41) is 0. The van der Waals surface area contributed by atoms with Crippen LogP contribution in [0.2, 0.25) is 0 Å². The molecule has 4 heterocycles. The van der Waals surface area contributed by atoms with E-state index in [2.05, 4.69) is 36.5 Å². The lowest BCUT2D eigenvalue weighted by Gasteiger charge is -2.39. The molecule has 0 saturated carbocycles. The van der Waals surface area contributed by atoms with E-state index in [1.54, 1.807) is 6.33 Å². The largest absolute Gasteiger partial charge is 0.378 e. The lowest BCUT2D eigenvalue weighted by Crippen LogP contribution is -2.51. The van der Waals surface area contributed by atoms with Crippen LogP contribution < -0.4 is 9.80 Å². The van der Waals surface area contributed by atoms with Gasteiger partial charge in [0.15, 0.2) is 5.82 Å². The molecule has 3 saturated heterocycles. The maximum Gasteiger partial charge on any atom is 0.225 e. The van der Waals surface area contributed by atoms with Crippen molar-refractivity contribution in [3.63, 3.8) is 0 Å². The Balaban J connectivity index is 1.35. The summed E-state index contributed by atoms with van der Waals surface area (Å²) in [4.78, 5) is 30.9. The number of hydrogen-bond donors (Lipinski definition) is 0. The summed E-state index contributed by atoms with van der Waals surface area (Å²) in [6, 6.07) is 0. The molecule has 154 valence electrons. The Labute approximate surface area is 167 Å². The van der Waals surface area contributed by atoms with Gasteiger partial charge in [-0.25, -0.2) is 9.97 Å². The highest BCUT2D eigenvalue weighted by Gasteiger charge is 2.31. The number of ether oxygens (including phenoxy) is 1. The van der Waals surface area contributed by atoms with Gasteiger partial charge in [0.05, 0.1) is 25.1 Å². The summed E-state index contributed by atoms with van der Waals surface area (Å²) in [7, 11) is 0. The van der Waals surface area contributed by atoms with Crippen molar-refractivity contribution in [1.29, 1.82) is 0 Å². The number of carbonyl (C=O) groups excluding carboxylic acids is 1. The molecule has 1 aromatic heterocycles. The van der Waals surface area contributed by atoms with E-state index in [1.807, 2.05) is 6.20 Å². The number of likely N-dealkylation sites (N-methyl/N-ethyl adjacent to an activating group) is 1. The Bertz CT molecular complexity index is 650. The Hall–Kier alpha value is -1.93. The van der Waals surface area contributed by atoms with Gasteiger partial charge in [0.2, 0.25) is 5.91 Å². The lowest BCUT2D eigenvalue weighted by atomic mass is 9.94. The number of anilines is 2. The Kier molecular flexibility index (Phi) is 6.26. The number of morpholine rings is 1. The quantitative estimate of drug-likeness (QED) is 0.752. The third-order valence-electron chi connectivity index (χ3n) is 6.30. The highest BCUT2D eigenvalue weighted by molar-refractivity contribution is 5.79. The minimum absolute atomic E-state index is 0.154. The highest BCUT2D eigenvalue weighted by atomic mass is 16.5. The molecule has 0 bridgehead atoms. The molecule has 28 heavy (non-hydrogen) atoms. The molecule has 0 aliphatic carbocycles. The molecule has 4 rings (SSSR count). The summed E-state index contributed by atoms with van der Waals surface area (Å²) in [5.41, 5.74) is 1.09. The van der Waals surface area contributed by atoms with Gasteiger partial charge in [0.1, 0.15) is 6.33 Å². The SMILES string of the molecule is CCN1CCN(C(=O)C2CCN(c3cncnc3N3CCOCC3)CC2)CC1. The molecular weight excluding hydrogens is 356 g/mol. The van der Waals surface area contributed by atoms with Gasteiger partial charge in [-0.15, -0.1) is 0 Å². The molecule has 3 fully saturated rings. The van der Waals surface area contributed by atoms with Crippen molar-refractivity contribution < 1.29 is 9.53 Å². The van der Waals surface area contributed by atoms with Crippen LogP contribution in [-0.2, 0) is 9.53 Å². The van der Waals surface area contributed by atoms with Gasteiger partial charge in [-0.2, -0.15) is 0 Å². The summed E-state index contributed by atoms with van der Waals surface area (Å²) in [5.74, 6) is 1.51. The maximum atomic E-state index is 12.9. The average molecular weight is 389 g/mol. The van der Waals surface area contributed by atoms with E-state index in [9.17, 15) is 4.79 Å².